The lowest BCUT2D eigenvalue weighted by atomic mass is 10.4. The van der Waals surface area contributed by atoms with Gasteiger partial charge >= 0.3 is 0 Å². The summed E-state index contributed by atoms with van der Waals surface area (Å²) < 4.78 is 0. The van der Waals surface area contributed by atoms with Gasteiger partial charge in [0.15, 0.2) is 5.11 Å². The van der Waals surface area contributed by atoms with Crippen molar-refractivity contribution in [3.63, 3.8) is 0 Å². The first kappa shape index (κ1) is 11.6. The lowest BCUT2D eigenvalue weighted by Gasteiger charge is -2.16. The maximum Gasteiger partial charge on any atom is 0.222 e. The van der Waals surface area contributed by atoms with Crippen LogP contribution in [0, 0.1) is 0 Å². The van der Waals surface area contributed by atoms with E-state index in [2.05, 4.69) is 10.6 Å². The van der Waals surface area contributed by atoms with E-state index in [1.54, 1.807) is 0 Å². The monoisotopic (exact) mass is 241 g/mol. The third-order valence-electron chi connectivity index (χ3n) is 2.97. The number of carbonyl (C=O) groups is 1. The van der Waals surface area contributed by atoms with Crippen LogP contribution in [-0.2, 0) is 4.79 Å². The van der Waals surface area contributed by atoms with Crippen LogP contribution in [0.25, 0.3) is 0 Å². The topological polar surface area (TPSA) is 44.4 Å². The highest BCUT2D eigenvalue weighted by molar-refractivity contribution is 7.80. The van der Waals surface area contributed by atoms with E-state index < -0.39 is 0 Å². The molecule has 0 atom stereocenters. The summed E-state index contributed by atoms with van der Waals surface area (Å²) in [6.07, 6.45) is 5.20. The molecule has 90 valence electrons. The van der Waals surface area contributed by atoms with Gasteiger partial charge in [0.2, 0.25) is 5.91 Å². The summed E-state index contributed by atoms with van der Waals surface area (Å²) in [4.78, 5) is 13.3. The van der Waals surface area contributed by atoms with Crippen LogP contribution < -0.4 is 10.6 Å². The van der Waals surface area contributed by atoms with Crippen molar-refractivity contribution in [1.29, 1.82) is 0 Å². The van der Waals surface area contributed by atoms with Crippen LogP contribution in [0.4, 0.5) is 0 Å². The van der Waals surface area contributed by atoms with Crippen molar-refractivity contribution in [2.45, 2.75) is 38.1 Å². The molecule has 5 heteroatoms. The Labute approximate surface area is 102 Å². The SMILES string of the molecule is O=C1CCCN1CCCNC(=S)NC1CC1. The Kier molecular flexibility index (Phi) is 3.98. The fourth-order valence-corrected chi connectivity index (χ4v) is 2.15. The van der Waals surface area contributed by atoms with Crippen molar-refractivity contribution in [3.05, 3.63) is 0 Å². The predicted molar refractivity (Wildman–Crippen MR) is 67.2 cm³/mol. The number of amides is 1. The Hall–Kier alpha value is -0.840. The van der Waals surface area contributed by atoms with Crippen LogP contribution in [0.2, 0.25) is 0 Å². The third-order valence-corrected chi connectivity index (χ3v) is 3.24. The van der Waals surface area contributed by atoms with Gasteiger partial charge in [-0.05, 0) is 37.9 Å². The standard InChI is InChI=1S/C11H19N3OS/c15-10-3-1-7-14(10)8-2-6-12-11(16)13-9-4-5-9/h9H,1-8H2,(H2,12,13,16). The number of nitrogens with one attached hydrogen (secondary N) is 2. The Morgan fingerprint density at radius 3 is 2.94 bits per heavy atom. The first-order valence-electron chi connectivity index (χ1n) is 6.08. The smallest absolute Gasteiger partial charge is 0.222 e. The number of likely N-dealkylation sites (tertiary alicyclic amines) is 1. The van der Waals surface area contributed by atoms with Gasteiger partial charge < -0.3 is 15.5 Å². The van der Waals surface area contributed by atoms with E-state index in [9.17, 15) is 4.79 Å². The second kappa shape index (κ2) is 5.48. The lowest BCUT2D eigenvalue weighted by molar-refractivity contribution is -0.127. The summed E-state index contributed by atoms with van der Waals surface area (Å²) >= 11 is 5.14. The number of rotatable bonds is 5. The Morgan fingerprint density at radius 1 is 1.50 bits per heavy atom. The number of carbonyl (C=O) groups excluding carboxylic acids is 1. The van der Waals surface area contributed by atoms with Crippen LogP contribution >= 0.6 is 12.2 Å². The van der Waals surface area contributed by atoms with Crippen molar-refractivity contribution in [3.8, 4) is 0 Å². The minimum absolute atomic E-state index is 0.304. The van der Waals surface area contributed by atoms with Gasteiger partial charge in [-0.15, -0.1) is 0 Å². The average molecular weight is 241 g/mol. The van der Waals surface area contributed by atoms with Crippen LogP contribution in [-0.4, -0.2) is 41.6 Å². The second-order valence-electron chi connectivity index (χ2n) is 4.51. The molecule has 4 nitrogen and oxygen atoms in total. The maximum absolute atomic E-state index is 11.3. The minimum Gasteiger partial charge on any atom is -0.363 e. The Balaban J connectivity index is 1.50. The quantitative estimate of drug-likeness (QED) is 0.547. The maximum atomic E-state index is 11.3. The molecule has 1 saturated heterocycles. The summed E-state index contributed by atoms with van der Waals surface area (Å²) in [7, 11) is 0. The van der Waals surface area contributed by atoms with Gasteiger partial charge in [0, 0.05) is 32.1 Å². The highest BCUT2D eigenvalue weighted by Gasteiger charge is 2.21. The Morgan fingerprint density at radius 2 is 2.31 bits per heavy atom. The minimum atomic E-state index is 0.304. The molecule has 1 heterocycles. The van der Waals surface area contributed by atoms with E-state index >= 15 is 0 Å². The van der Waals surface area contributed by atoms with E-state index in [0.717, 1.165) is 44.0 Å². The molecule has 1 saturated carbocycles. The summed E-state index contributed by atoms with van der Waals surface area (Å²) in [5.41, 5.74) is 0. The summed E-state index contributed by atoms with van der Waals surface area (Å²) in [6.45, 7) is 2.64. The molecule has 1 amide bonds. The van der Waals surface area contributed by atoms with Gasteiger partial charge in [0.05, 0.1) is 0 Å². The van der Waals surface area contributed by atoms with Crippen molar-refractivity contribution in [1.82, 2.24) is 15.5 Å². The fourth-order valence-electron chi connectivity index (χ4n) is 1.88. The van der Waals surface area contributed by atoms with Gasteiger partial charge in [-0.25, -0.2) is 0 Å². The number of hydrogen-bond acceptors (Lipinski definition) is 2. The van der Waals surface area contributed by atoms with Crippen LogP contribution in [0.15, 0.2) is 0 Å². The molecule has 16 heavy (non-hydrogen) atoms. The molecule has 2 rings (SSSR count). The molecule has 2 fully saturated rings. The molecule has 0 radical (unpaired) electrons. The molecule has 0 bridgehead atoms. The van der Waals surface area contributed by atoms with Crippen molar-refractivity contribution >= 4 is 23.2 Å². The van der Waals surface area contributed by atoms with Gasteiger partial charge in [-0.3, -0.25) is 4.79 Å². The zero-order chi connectivity index (χ0) is 11.4. The molecule has 0 spiro atoms. The van der Waals surface area contributed by atoms with E-state index in [1.165, 1.54) is 12.8 Å². The van der Waals surface area contributed by atoms with Gasteiger partial charge in [0.25, 0.3) is 0 Å². The van der Waals surface area contributed by atoms with E-state index in [4.69, 9.17) is 12.2 Å². The molecular weight excluding hydrogens is 222 g/mol. The van der Waals surface area contributed by atoms with Gasteiger partial charge in [-0.2, -0.15) is 0 Å². The van der Waals surface area contributed by atoms with E-state index in [1.807, 2.05) is 4.90 Å². The highest BCUT2D eigenvalue weighted by Crippen LogP contribution is 2.18. The lowest BCUT2D eigenvalue weighted by Crippen LogP contribution is -2.38. The average Bonchev–Trinajstić information content (AvgIpc) is 2.96. The first-order chi connectivity index (χ1) is 7.75. The largest absolute Gasteiger partial charge is 0.363 e. The molecule has 0 unspecified atom stereocenters. The first-order valence-corrected chi connectivity index (χ1v) is 6.48. The van der Waals surface area contributed by atoms with Crippen LogP contribution in [0.3, 0.4) is 0 Å². The molecule has 0 aromatic rings. The normalized spacial score (nSPS) is 20.0. The molecule has 2 aliphatic rings. The van der Waals surface area contributed by atoms with Crippen molar-refractivity contribution in [2.75, 3.05) is 19.6 Å². The number of thiocarbonyl (C=S) groups is 1. The van der Waals surface area contributed by atoms with Crippen LogP contribution in [0.1, 0.15) is 32.1 Å². The molecule has 0 aromatic carbocycles. The Bertz CT molecular complexity index is 278. The van der Waals surface area contributed by atoms with Gasteiger partial charge in [-0.1, -0.05) is 0 Å². The van der Waals surface area contributed by atoms with Crippen molar-refractivity contribution < 1.29 is 4.79 Å². The van der Waals surface area contributed by atoms with E-state index in [-0.39, 0.29) is 0 Å². The van der Waals surface area contributed by atoms with E-state index in [0.29, 0.717) is 11.9 Å². The molecule has 0 aromatic heterocycles. The van der Waals surface area contributed by atoms with Gasteiger partial charge in [0.1, 0.15) is 0 Å². The summed E-state index contributed by atoms with van der Waals surface area (Å²) in [5, 5.41) is 7.17. The molecular formula is C11H19N3OS. The number of hydrogen-bond donors (Lipinski definition) is 2. The highest BCUT2D eigenvalue weighted by atomic mass is 32.1. The molecule has 1 aliphatic heterocycles. The number of nitrogens with zero attached hydrogens (tertiary/aromatic N) is 1. The predicted octanol–water partition coefficient (Wildman–Crippen LogP) is 0.625. The second-order valence-corrected chi connectivity index (χ2v) is 4.92. The third kappa shape index (κ3) is 3.63. The molecule has 1 aliphatic carbocycles. The zero-order valence-electron chi connectivity index (χ0n) is 9.50. The summed E-state index contributed by atoms with van der Waals surface area (Å²) in [5.74, 6) is 0.304. The summed E-state index contributed by atoms with van der Waals surface area (Å²) in [6, 6.07) is 0.611. The fraction of sp³-hybridized carbons (Fsp3) is 0.818. The molecule has 2 N–H and O–H groups in total. The van der Waals surface area contributed by atoms with Crippen molar-refractivity contribution in [2.24, 2.45) is 0 Å². The zero-order valence-corrected chi connectivity index (χ0v) is 10.3. The van der Waals surface area contributed by atoms with Crippen LogP contribution in [0.5, 0.6) is 0 Å².